The van der Waals surface area contributed by atoms with E-state index >= 15 is 4.39 Å². The number of rotatable bonds is 10. The van der Waals surface area contributed by atoms with Crippen LogP contribution in [0.5, 0.6) is 0 Å². The number of likely N-dealkylation sites (tertiary alicyclic amines) is 1. The first-order valence-electron chi connectivity index (χ1n) is 26.3. The van der Waals surface area contributed by atoms with E-state index < -0.39 is 75.9 Å². The van der Waals surface area contributed by atoms with Crippen LogP contribution >= 0.6 is 67.5 Å². The number of carbonyl (C=O) groups excluding carboxylic acids is 5. The van der Waals surface area contributed by atoms with Crippen LogP contribution in [0.15, 0.2) is 36.5 Å². The van der Waals surface area contributed by atoms with Crippen molar-refractivity contribution < 1.29 is 42.6 Å². The number of benzene rings is 1. The monoisotopic (exact) mass is 1200 g/mol. The minimum Gasteiger partial charge on any atom is -0.464 e. The quantitative estimate of drug-likeness (QED) is 0.173. The van der Waals surface area contributed by atoms with Crippen LogP contribution < -0.4 is 15.6 Å². The topological polar surface area (TPSA) is 171 Å². The van der Waals surface area contributed by atoms with E-state index in [2.05, 4.69) is 77.1 Å². The third kappa shape index (κ3) is 15.8. The lowest BCUT2D eigenvalue weighted by Gasteiger charge is -2.44. The van der Waals surface area contributed by atoms with Gasteiger partial charge in [0.1, 0.15) is 18.1 Å². The second-order valence-electron chi connectivity index (χ2n) is 22.9. The van der Waals surface area contributed by atoms with E-state index in [1.54, 1.807) is 27.2 Å². The molecule has 2 N–H and O–H groups in total. The van der Waals surface area contributed by atoms with Gasteiger partial charge in [0.25, 0.3) is 17.7 Å². The first-order chi connectivity index (χ1) is 34.8. The van der Waals surface area contributed by atoms with Crippen molar-refractivity contribution in [1.29, 1.82) is 0 Å². The summed E-state index contributed by atoms with van der Waals surface area (Å²) in [6.07, 6.45) is 2.51. The van der Waals surface area contributed by atoms with Crippen LogP contribution in [0.1, 0.15) is 112 Å². The Hall–Kier alpha value is -3.86. The number of pyridine rings is 1. The van der Waals surface area contributed by atoms with Crippen molar-refractivity contribution >= 4 is 114 Å². The van der Waals surface area contributed by atoms with E-state index in [1.807, 2.05) is 52.8 Å². The van der Waals surface area contributed by atoms with Gasteiger partial charge in [-0.25, -0.2) is 9.82 Å². The van der Waals surface area contributed by atoms with E-state index in [-0.39, 0.29) is 119 Å². The Labute approximate surface area is 503 Å². The molecule has 444 valence electrons. The van der Waals surface area contributed by atoms with Crippen molar-refractivity contribution in [2.24, 2.45) is 11.3 Å². The highest BCUT2D eigenvalue weighted by Crippen LogP contribution is 2.42. The maximum Gasteiger partial charge on any atom is 0.324 e. The van der Waals surface area contributed by atoms with Gasteiger partial charge in [0.2, 0.25) is 5.91 Å². The average molecular weight is 1200 g/mol. The number of morpholine rings is 1. The lowest BCUT2D eigenvalue weighted by Crippen LogP contribution is -2.64. The standard InChI is InChI=1S/C56H80FN9O8.5H2S/c1-14-65-44-20-19-38-31-40(44)41(48(65)39-17-15-25-58-46(39)37(4)72-13)32-53(5,6)35-73-51(70)42-18-16-26-66(60-42)50(69)43(33-55(9)34-64(38)29-30-74-55)59-49(68)47(36(2)3)62(12)52(71)56(57)23-27-63(28-24-56)45(67)21-22-54(7,8)61(10)11;;;;;/h15,17,19-20,25,31,36-37,42-43,47,60H,14,16,18,23-24,26-30,32-35H2,1-13H3,(H,59,68);5*1H2/t37-,42-,43-,47-,55-;;;;;/m0...../s1. The molecular weight excluding hydrogens is 1110 g/mol. The summed E-state index contributed by atoms with van der Waals surface area (Å²) in [4.78, 5) is 82.6. The molecule has 3 saturated heterocycles. The molecule has 4 aliphatic heterocycles. The number of nitrogens with one attached hydrogen (secondary N) is 2. The molecule has 0 aliphatic carbocycles. The summed E-state index contributed by atoms with van der Waals surface area (Å²) < 4.78 is 37.7. The highest BCUT2D eigenvalue weighted by atomic mass is 32.1. The number of carbonyl (C=O) groups is 5. The highest BCUT2D eigenvalue weighted by Gasteiger charge is 2.48. The summed E-state index contributed by atoms with van der Waals surface area (Å²) in [5.74, 6) is 2.25. The zero-order valence-electron chi connectivity index (χ0n) is 48.5. The Morgan fingerprint density at radius 3 is 2.29 bits per heavy atom. The van der Waals surface area contributed by atoms with E-state index in [1.165, 1.54) is 17.0 Å². The van der Waals surface area contributed by atoms with Crippen LogP contribution in [-0.4, -0.2) is 168 Å². The molecular formula is C56H90FN9O8S5. The van der Waals surface area contributed by atoms with Crippen molar-refractivity contribution in [3.8, 4) is 23.1 Å². The zero-order chi connectivity index (χ0) is 54.1. The van der Waals surface area contributed by atoms with Gasteiger partial charge in [-0.05, 0) is 116 Å². The molecule has 4 aliphatic rings. The first kappa shape index (κ1) is 71.2. The third-order valence-electron chi connectivity index (χ3n) is 15.7. The lowest BCUT2D eigenvalue weighted by atomic mass is 9.84. The zero-order valence-corrected chi connectivity index (χ0v) is 53.5. The molecule has 7 rings (SSSR count). The molecule has 3 aromatic rings. The molecule has 2 aromatic heterocycles. The van der Waals surface area contributed by atoms with Crippen LogP contribution in [-0.2, 0) is 51.1 Å². The normalized spacial score (nSPS) is 21.9. The van der Waals surface area contributed by atoms with Crippen molar-refractivity contribution in [2.75, 3.05) is 79.1 Å². The summed E-state index contributed by atoms with van der Waals surface area (Å²) in [5, 5.41) is 5.45. The molecule has 1 aromatic carbocycles. The molecule has 0 unspecified atom stereocenters. The molecule has 0 radical (unpaired) electrons. The molecule has 0 saturated carbocycles. The Kier molecular flexibility index (Phi) is 26.1. The Balaban J connectivity index is 0.00000427. The lowest BCUT2D eigenvalue weighted by molar-refractivity contribution is -0.157. The van der Waals surface area contributed by atoms with Crippen LogP contribution in [0.25, 0.3) is 22.2 Å². The van der Waals surface area contributed by atoms with E-state index in [4.69, 9.17) is 19.2 Å². The number of halogens is 1. The van der Waals surface area contributed by atoms with Gasteiger partial charge in [-0.15, -0.1) is 0 Å². The number of ether oxygens (including phenoxy) is 3. The van der Waals surface area contributed by atoms with Gasteiger partial charge >= 0.3 is 5.97 Å². The van der Waals surface area contributed by atoms with Gasteiger partial charge in [0.05, 0.1) is 41.8 Å². The number of aryl methyl sites for hydroxylation is 1. The smallest absolute Gasteiger partial charge is 0.324 e. The van der Waals surface area contributed by atoms with Gasteiger partial charge in [-0.1, -0.05) is 33.6 Å². The van der Waals surface area contributed by atoms with Gasteiger partial charge in [-0.2, -0.15) is 67.5 Å². The van der Waals surface area contributed by atoms with Crippen molar-refractivity contribution in [2.45, 2.75) is 148 Å². The Bertz CT molecular complexity index is 2680. The van der Waals surface area contributed by atoms with Crippen molar-refractivity contribution in [3.63, 3.8) is 0 Å². The van der Waals surface area contributed by atoms with Crippen LogP contribution in [0.4, 0.5) is 10.1 Å². The summed E-state index contributed by atoms with van der Waals surface area (Å²) in [6.45, 7) is 19.8. The SMILES string of the molecule is CCn1c(-c2cccnc2[C@H](C)OC)c2c3cc(ccc31)N1CCO[C@@](C)(C[C@H](NC(=O)[C@H](C(C)C)N(C)C(=O)C3(F)CCN(C(=O)C#CC(C)(C)N(C)C)CC3)C(=O)N3CCC[C@H](N3)C(=O)OCC(C)(C)C2)C1.S.S.S.S.S. The summed E-state index contributed by atoms with van der Waals surface area (Å²) in [5.41, 5.74) is 4.65. The fourth-order valence-electron chi connectivity index (χ4n) is 10.9. The van der Waals surface area contributed by atoms with Crippen LogP contribution in [0, 0.1) is 23.2 Å². The molecule has 79 heavy (non-hydrogen) atoms. The number of likely N-dealkylation sites (N-methyl/N-ethyl adjacent to an activating group) is 1. The average Bonchev–Trinajstić information content (AvgIpc) is 3.67. The second-order valence-corrected chi connectivity index (χ2v) is 22.9. The van der Waals surface area contributed by atoms with E-state index in [0.29, 0.717) is 45.5 Å². The molecule has 6 bridgehead atoms. The maximum absolute atomic E-state index is 16.8. The molecule has 4 amide bonds. The number of fused-ring (bicyclic) bond motifs is 6. The second kappa shape index (κ2) is 28.9. The number of anilines is 1. The molecule has 17 nitrogen and oxygen atoms in total. The van der Waals surface area contributed by atoms with E-state index in [9.17, 15) is 24.0 Å². The number of nitrogens with zero attached hydrogens (tertiary/aromatic N) is 7. The maximum atomic E-state index is 16.8. The van der Waals surface area contributed by atoms with Gasteiger partial charge in [-0.3, -0.25) is 38.9 Å². The van der Waals surface area contributed by atoms with Crippen LogP contribution in [0.3, 0.4) is 0 Å². The number of piperidine rings is 1. The number of hydrogen-bond donors (Lipinski definition) is 2. The molecule has 3 fully saturated rings. The van der Waals surface area contributed by atoms with Gasteiger partial charge in [0, 0.05) is 106 Å². The van der Waals surface area contributed by atoms with Gasteiger partial charge in [0.15, 0.2) is 5.67 Å². The number of aromatic nitrogens is 2. The summed E-state index contributed by atoms with van der Waals surface area (Å²) in [6, 6.07) is 7.32. The Morgan fingerprint density at radius 2 is 1.67 bits per heavy atom. The first-order valence-corrected chi connectivity index (χ1v) is 26.3. The number of cyclic esters (lactones) is 1. The molecule has 6 heterocycles. The molecule has 0 spiro atoms. The Morgan fingerprint density at radius 1 is 1.00 bits per heavy atom. The number of amides is 4. The highest BCUT2D eigenvalue weighted by molar-refractivity contribution is 7.60. The fourth-order valence-corrected chi connectivity index (χ4v) is 10.9. The molecule has 23 heteroatoms. The number of hydrogen-bond acceptors (Lipinski definition) is 12. The summed E-state index contributed by atoms with van der Waals surface area (Å²) in [7, 11) is 6.83. The summed E-state index contributed by atoms with van der Waals surface area (Å²) >= 11 is 0. The van der Waals surface area contributed by atoms with Crippen LogP contribution in [0.2, 0.25) is 0 Å². The van der Waals surface area contributed by atoms with Gasteiger partial charge < -0.3 is 38.8 Å². The van der Waals surface area contributed by atoms with Crippen molar-refractivity contribution in [1.82, 2.24) is 40.0 Å². The number of hydrazine groups is 1. The molecule has 5 atom stereocenters. The van der Waals surface area contributed by atoms with Crippen molar-refractivity contribution in [3.05, 3.63) is 47.8 Å². The number of alkyl halides is 1. The van der Waals surface area contributed by atoms with E-state index in [0.717, 1.165) is 44.0 Å². The predicted molar refractivity (Wildman–Crippen MR) is 334 cm³/mol. The largest absolute Gasteiger partial charge is 0.464 e. The predicted octanol–water partition coefficient (Wildman–Crippen LogP) is 6.24. The minimum atomic E-state index is -2.34. The number of methoxy groups -OCH3 is 1. The fraction of sp³-hybridized carbons (Fsp3) is 0.643. The minimum absolute atomic E-state index is 0. The number of esters is 1. The third-order valence-corrected chi connectivity index (χ3v) is 15.7.